The van der Waals surface area contributed by atoms with Crippen LogP contribution in [-0.2, 0) is 4.79 Å². The van der Waals surface area contributed by atoms with Crippen LogP contribution < -0.4 is 11.1 Å². The lowest BCUT2D eigenvalue weighted by Gasteiger charge is -2.30. The maximum Gasteiger partial charge on any atom is 0.231 e. The molecule has 0 saturated carbocycles. The first-order chi connectivity index (χ1) is 8.68. The Hall–Kier alpha value is -1.42. The lowest BCUT2D eigenvalue weighted by molar-refractivity contribution is -0.126. The number of anilines is 1. The van der Waals surface area contributed by atoms with Crippen molar-refractivity contribution < 1.29 is 4.79 Å². The van der Waals surface area contributed by atoms with Crippen molar-refractivity contribution in [1.82, 2.24) is 4.98 Å². The minimum atomic E-state index is -0.445. The largest absolute Gasteiger partial charge is 0.329 e. The highest BCUT2D eigenvalue weighted by molar-refractivity contribution is 5.95. The Kier molecular flexibility index (Phi) is 5.78. The van der Waals surface area contributed by atoms with E-state index in [-0.39, 0.29) is 5.91 Å². The van der Waals surface area contributed by atoms with Crippen LogP contribution in [0.1, 0.15) is 39.5 Å². The van der Waals surface area contributed by atoms with Crippen LogP contribution in [0, 0.1) is 5.41 Å². The monoisotopic (exact) mass is 249 g/mol. The van der Waals surface area contributed by atoms with Crippen molar-refractivity contribution in [3.63, 3.8) is 0 Å². The molecule has 100 valence electrons. The molecule has 0 aliphatic heterocycles. The number of hydrogen-bond acceptors (Lipinski definition) is 3. The smallest absolute Gasteiger partial charge is 0.231 e. The third kappa shape index (κ3) is 3.53. The Bertz CT molecular complexity index is 359. The summed E-state index contributed by atoms with van der Waals surface area (Å²) in [6, 6.07) is 3.64. The van der Waals surface area contributed by atoms with E-state index in [1.165, 1.54) is 0 Å². The highest BCUT2D eigenvalue weighted by atomic mass is 16.2. The fourth-order valence-corrected chi connectivity index (χ4v) is 2.31. The van der Waals surface area contributed by atoms with Gasteiger partial charge in [0.15, 0.2) is 0 Å². The number of amides is 1. The molecule has 0 spiro atoms. The molecule has 0 bridgehead atoms. The summed E-state index contributed by atoms with van der Waals surface area (Å²) in [6.45, 7) is 4.55. The number of rotatable bonds is 7. The standard InChI is InChI=1S/C14H23N3O/c1-3-7-14(11-15,8-4-2)13(18)17-12-6-5-9-16-10-12/h5-6,9-10H,3-4,7-8,11,15H2,1-2H3,(H,17,18). The number of carbonyl (C=O) groups is 1. The molecule has 0 aromatic carbocycles. The van der Waals surface area contributed by atoms with Crippen LogP contribution in [0.25, 0.3) is 0 Å². The predicted octanol–water partition coefficient (Wildman–Crippen LogP) is 2.57. The van der Waals surface area contributed by atoms with Crippen LogP contribution in [0.4, 0.5) is 5.69 Å². The number of pyridine rings is 1. The molecular weight excluding hydrogens is 226 g/mol. The molecule has 0 fully saturated rings. The summed E-state index contributed by atoms with van der Waals surface area (Å²) in [6.07, 6.45) is 6.89. The molecule has 0 saturated heterocycles. The summed E-state index contributed by atoms with van der Waals surface area (Å²) in [5.41, 5.74) is 6.14. The molecule has 0 aliphatic carbocycles. The SMILES string of the molecule is CCCC(CN)(CCC)C(=O)Nc1cccnc1. The van der Waals surface area contributed by atoms with E-state index in [0.29, 0.717) is 6.54 Å². The minimum absolute atomic E-state index is 0.0155. The molecule has 0 unspecified atom stereocenters. The molecule has 18 heavy (non-hydrogen) atoms. The van der Waals surface area contributed by atoms with E-state index in [4.69, 9.17) is 5.73 Å². The van der Waals surface area contributed by atoms with Crippen molar-refractivity contribution >= 4 is 11.6 Å². The lowest BCUT2D eigenvalue weighted by Crippen LogP contribution is -2.42. The van der Waals surface area contributed by atoms with Gasteiger partial charge in [-0.2, -0.15) is 0 Å². The van der Waals surface area contributed by atoms with E-state index in [2.05, 4.69) is 24.1 Å². The van der Waals surface area contributed by atoms with Crippen molar-refractivity contribution in [3.05, 3.63) is 24.5 Å². The van der Waals surface area contributed by atoms with Crippen molar-refractivity contribution in [2.24, 2.45) is 11.1 Å². The van der Waals surface area contributed by atoms with Crippen LogP contribution in [0.3, 0.4) is 0 Å². The molecule has 1 rings (SSSR count). The minimum Gasteiger partial charge on any atom is -0.329 e. The first-order valence-corrected chi connectivity index (χ1v) is 6.60. The summed E-state index contributed by atoms with van der Waals surface area (Å²) in [7, 11) is 0. The highest BCUT2D eigenvalue weighted by Gasteiger charge is 2.35. The molecule has 1 aromatic rings. The predicted molar refractivity (Wildman–Crippen MR) is 74.2 cm³/mol. The van der Waals surface area contributed by atoms with Gasteiger partial charge >= 0.3 is 0 Å². The van der Waals surface area contributed by atoms with Crippen LogP contribution in [0.15, 0.2) is 24.5 Å². The third-order valence-corrected chi connectivity index (χ3v) is 3.25. The van der Waals surface area contributed by atoms with E-state index in [0.717, 1.165) is 31.4 Å². The second kappa shape index (κ2) is 7.11. The molecule has 1 heterocycles. The zero-order chi connectivity index (χ0) is 13.4. The molecule has 0 aliphatic rings. The topological polar surface area (TPSA) is 68.0 Å². The fourth-order valence-electron chi connectivity index (χ4n) is 2.31. The van der Waals surface area contributed by atoms with Gasteiger partial charge in [-0.3, -0.25) is 9.78 Å². The van der Waals surface area contributed by atoms with E-state index in [9.17, 15) is 4.79 Å². The fraction of sp³-hybridized carbons (Fsp3) is 0.571. The number of hydrogen-bond donors (Lipinski definition) is 2. The first kappa shape index (κ1) is 14.6. The van der Waals surface area contributed by atoms with Crippen LogP contribution >= 0.6 is 0 Å². The number of aromatic nitrogens is 1. The van der Waals surface area contributed by atoms with Gasteiger partial charge in [0, 0.05) is 12.7 Å². The summed E-state index contributed by atoms with van der Waals surface area (Å²) < 4.78 is 0. The first-order valence-electron chi connectivity index (χ1n) is 6.60. The average Bonchev–Trinajstić information content (AvgIpc) is 2.39. The summed E-state index contributed by atoms with van der Waals surface area (Å²) in [4.78, 5) is 16.4. The van der Waals surface area contributed by atoms with Crippen LogP contribution in [-0.4, -0.2) is 17.4 Å². The van der Waals surface area contributed by atoms with E-state index in [1.807, 2.05) is 6.07 Å². The van der Waals surface area contributed by atoms with Gasteiger partial charge in [0.1, 0.15) is 0 Å². The number of nitrogens with zero attached hydrogens (tertiary/aromatic N) is 1. The molecule has 1 aromatic heterocycles. The van der Waals surface area contributed by atoms with E-state index in [1.54, 1.807) is 18.5 Å². The van der Waals surface area contributed by atoms with Crippen molar-refractivity contribution in [1.29, 1.82) is 0 Å². The van der Waals surface area contributed by atoms with E-state index < -0.39 is 5.41 Å². The zero-order valence-corrected chi connectivity index (χ0v) is 11.3. The summed E-state index contributed by atoms with van der Waals surface area (Å²) >= 11 is 0. The Balaban J connectivity index is 2.82. The Labute approximate surface area is 109 Å². The lowest BCUT2D eigenvalue weighted by atomic mass is 9.78. The van der Waals surface area contributed by atoms with Crippen molar-refractivity contribution in [2.75, 3.05) is 11.9 Å². The maximum atomic E-state index is 12.4. The van der Waals surface area contributed by atoms with Crippen molar-refractivity contribution in [3.8, 4) is 0 Å². The van der Waals surface area contributed by atoms with Crippen LogP contribution in [0.5, 0.6) is 0 Å². The van der Waals surface area contributed by atoms with Gasteiger partial charge in [0.25, 0.3) is 0 Å². The molecule has 0 radical (unpaired) electrons. The Morgan fingerprint density at radius 1 is 1.39 bits per heavy atom. The average molecular weight is 249 g/mol. The molecule has 4 heteroatoms. The van der Waals surface area contributed by atoms with Gasteiger partial charge in [-0.05, 0) is 25.0 Å². The normalized spacial score (nSPS) is 11.3. The van der Waals surface area contributed by atoms with Gasteiger partial charge in [-0.15, -0.1) is 0 Å². The van der Waals surface area contributed by atoms with Gasteiger partial charge < -0.3 is 11.1 Å². The maximum absolute atomic E-state index is 12.4. The molecule has 1 amide bonds. The quantitative estimate of drug-likeness (QED) is 0.780. The number of nitrogens with two attached hydrogens (primary N) is 1. The molecule has 4 nitrogen and oxygen atoms in total. The van der Waals surface area contributed by atoms with Gasteiger partial charge in [-0.1, -0.05) is 26.7 Å². The zero-order valence-electron chi connectivity index (χ0n) is 11.3. The Morgan fingerprint density at radius 3 is 2.50 bits per heavy atom. The Morgan fingerprint density at radius 2 is 2.06 bits per heavy atom. The molecular formula is C14H23N3O. The molecule has 3 N–H and O–H groups in total. The summed E-state index contributed by atoms with van der Waals surface area (Å²) in [5.74, 6) is 0.0155. The van der Waals surface area contributed by atoms with E-state index >= 15 is 0 Å². The second-order valence-corrected chi connectivity index (χ2v) is 4.68. The van der Waals surface area contributed by atoms with Crippen molar-refractivity contribution in [2.45, 2.75) is 39.5 Å². The number of nitrogens with one attached hydrogen (secondary N) is 1. The van der Waals surface area contributed by atoms with Gasteiger partial charge in [0.05, 0.1) is 17.3 Å². The summed E-state index contributed by atoms with van der Waals surface area (Å²) in [5, 5.41) is 2.92. The molecule has 0 atom stereocenters. The third-order valence-electron chi connectivity index (χ3n) is 3.25. The second-order valence-electron chi connectivity index (χ2n) is 4.68. The highest BCUT2D eigenvalue weighted by Crippen LogP contribution is 2.30. The van der Waals surface area contributed by atoms with Gasteiger partial charge in [-0.25, -0.2) is 0 Å². The van der Waals surface area contributed by atoms with Crippen LogP contribution in [0.2, 0.25) is 0 Å². The number of carbonyl (C=O) groups excluding carboxylic acids is 1. The van der Waals surface area contributed by atoms with Gasteiger partial charge in [0.2, 0.25) is 5.91 Å².